The van der Waals surface area contributed by atoms with Crippen molar-refractivity contribution in [2.45, 2.75) is 19.3 Å². The van der Waals surface area contributed by atoms with Gasteiger partial charge in [-0.2, -0.15) is 0 Å². The maximum absolute atomic E-state index is 12.8. The van der Waals surface area contributed by atoms with E-state index in [-0.39, 0.29) is 35.4 Å². The van der Waals surface area contributed by atoms with Gasteiger partial charge in [0.1, 0.15) is 5.78 Å². The predicted octanol–water partition coefficient (Wildman–Crippen LogP) is 3.10. The Morgan fingerprint density at radius 2 is 1.55 bits per heavy atom. The fraction of sp³-hybridized carbons (Fsp3) is 0.438. The summed E-state index contributed by atoms with van der Waals surface area (Å²) in [6, 6.07) is 4.67. The second-order valence-electron chi connectivity index (χ2n) is 6.31. The van der Waals surface area contributed by atoms with Crippen molar-refractivity contribution < 1.29 is 14.4 Å². The molecule has 0 unspecified atom stereocenters. The van der Waals surface area contributed by atoms with Gasteiger partial charge in [-0.25, -0.2) is 4.90 Å². The molecule has 0 spiro atoms. The Morgan fingerprint density at radius 3 is 2.18 bits per heavy atom. The summed E-state index contributed by atoms with van der Waals surface area (Å²) in [5.74, 6) is -1.52. The Morgan fingerprint density at radius 1 is 0.909 bits per heavy atom. The van der Waals surface area contributed by atoms with Crippen LogP contribution in [0.25, 0.3) is 0 Å². The minimum atomic E-state index is -0.495. The lowest BCUT2D eigenvalue weighted by atomic mass is 9.59. The van der Waals surface area contributed by atoms with Crippen molar-refractivity contribution in [3.63, 3.8) is 0 Å². The van der Waals surface area contributed by atoms with E-state index < -0.39 is 5.92 Å². The first-order valence-electron chi connectivity index (χ1n) is 7.34. The van der Waals surface area contributed by atoms with Crippen LogP contribution >= 0.6 is 23.2 Å². The van der Waals surface area contributed by atoms with Crippen LogP contribution in [0.3, 0.4) is 0 Å². The molecule has 1 aromatic rings. The maximum atomic E-state index is 12.8. The number of benzene rings is 1. The van der Waals surface area contributed by atoms with Crippen molar-refractivity contribution >= 4 is 46.5 Å². The second-order valence-corrected chi connectivity index (χ2v) is 7.18. The van der Waals surface area contributed by atoms with E-state index in [1.165, 1.54) is 4.90 Å². The number of hydrogen-bond donors (Lipinski definition) is 0. The lowest BCUT2D eigenvalue weighted by molar-refractivity contribution is -0.143. The highest BCUT2D eigenvalue weighted by molar-refractivity contribution is 6.35. The van der Waals surface area contributed by atoms with Crippen LogP contribution in [0.5, 0.6) is 0 Å². The Kier molecular flexibility index (Phi) is 3.10. The van der Waals surface area contributed by atoms with E-state index in [9.17, 15) is 14.4 Å². The van der Waals surface area contributed by atoms with E-state index in [4.69, 9.17) is 23.2 Å². The number of imide groups is 1. The molecule has 2 bridgehead atoms. The topological polar surface area (TPSA) is 54.5 Å². The average Bonchev–Trinajstić information content (AvgIpc) is 2.72. The number of hydrogen-bond acceptors (Lipinski definition) is 3. The normalized spacial score (nSPS) is 33.5. The number of nitrogens with zero attached hydrogens (tertiary/aromatic N) is 1. The fourth-order valence-corrected chi connectivity index (χ4v) is 4.82. The van der Waals surface area contributed by atoms with Crippen LogP contribution in [0.1, 0.15) is 19.3 Å². The molecule has 0 aromatic heterocycles. The summed E-state index contributed by atoms with van der Waals surface area (Å²) in [6.45, 7) is 0. The molecule has 4 atom stereocenters. The zero-order valence-electron chi connectivity index (χ0n) is 11.6. The standard InChI is InChI=1S/C16H13Cl2NO3/c17-8-4-9(18)6-10(5-8)19-15(21)13-7-1-2-11(12(20)3-7)14(13)16(19)22/h4-7,11,13-14H,1-3H2/t7-,11+,13+,14-/m1/s1. The highest BCUT2D eigenvalue weighted by Crippen LogP contribution is 2.52. The van der Waals surface area contributed by atoms with Crippen LogP contribution in [0.15, 0.2) is 18.2 Å². The summed E-state index contributed by atoms with van der Waals surface area (Å²) in [5, 5.41) is 0.744. The zero-order valence-corrected chi connectivity index (χ0v) is 13.1. The molecule has 22 heavy (non-hydrogen) atoms. The summed E-state index contributed by atoms with van der Waals surface area (Å²) in [7, 11) is 0. The molecule has 1 saturated heterocycles. The van der Waals surface area contributed by atoms with Crippen LogP contribution in [0.2, 0.25) is 10.0 Å². The lowest BCUT2D eigenvalue weighted by Crippen LogP contribution is -2.46. The summed E-state index contributed by atoms with van der Waals surface area (Å²) < 4.78 is 0. The molecule has 4 aliphatic rings. The van der Waals surface area contributed by atoms with Gasteiger partial charge in [-0.15, -0.1) is 0 Å². The molecule has 5 rings (SSSR count). The van der Waals surface area contributed by atoms with Crippen LogP contribution in [-0.2, 0) is 14.4 Å². The molecule has 2 amide bonds. The van der Waals surface area contributed by atoms with E-state index >= 15 is 0 Å². The van der Waals surface area contributed by atoms with E-state index in [0.29, 0.717) is 28.6 Å². The number of amides is 2. The molecule has 6 heteroatoms. The summed E-state index contributed by atoms with van der Waals surface area (Å²) in [6.07, 6.45) is 1.99. The van der Waals surface area contributed by atoms with Gasteiger partial charge in [-0.05, 0) is 37.0 Å². The third-order valence-electron chi connectivity index (χ3n) is 5.17. The summed E-state index contributed by atoms with van der Waals surface area (Å²) >= 11 is 12.0. The van der Waals surface area contributed by atoms with Gasteiger partial charge in [0.05, 0.1) is 17.5 Å². The lowest BCUT2D eigenvalue weighted by Gasteiger charge is -2.41. The molecule has 114 valence electrons. The monoisotopic (exact) mass is 337 g/mol. The Balaban J connectivity index is 1.78. The largest absolute Gasteiger partial charge is 0.299 e. The van der Waals surface area contributed by atoms with Gasteiger partial charge in [0.15, 0.2) is 0 Å². The molecular formula is C16H13Cl2NO3. The highest BCUT2D eigenvalue weighted by atomic mass is 35.5. The molecule has 1 aliphatic heterocycles. The van der Waals surface area contributed by atoms with E-state index in [0.717, 1.165) is 6.42 Å². The molecule has 4 fully saturated rings. The molecule has 3 aliphatic carbocycles. The number of rotatable bonds is 1. The quantitative estimate of drug-likeness (QED) is 0.740. The van der Waals surface area contributed by atoms with E-state index in [2.05, 4.69) is 0 Å². The number of Topliss-reactive ketones (excluding diaryl/α,β-unsaturated/α-hetero) is 1. The Bertz CT molecular complexity index is 697. The smallest absolute Gasteiger partial charge is 0.238 e. The minimum absolute atomic E-state index is 0.00129. The van der Waals surface area contributed by atoms with Crippen LogP contribution in [-0.4, -0.2) is 17.6 Å². The maximum Gasteiger partial charge on any atom is 0.238 e. The molecule has 0 N–H and O–H groups in total. The van der Waals surface area contributed by atoms with Crippen molar-refractivity contribution in [2.75, 3.05) is 4.90 Å². The zero-order chi connectivity index (χ0) is 15.6. The van der Waals surface area contributed by atoms with E-state index in [1.807, 2.05) is 0 Å². The van der Waals surface area contributed by atoms with Gasteiger partial charge in [-0.1, -0.05) is 23.2 Å². The average molecular weight is 338 g/mol. The second kappa shape index (κ2) is 4.80. The molecule has 4 nitrogen and oxygen atoms in total. The number of anilines is 1. The SMILES string of the molecule is O=C1C[C@H]2CC[C@@H]1[C@H]1C(=O)N(c3cc(Cl)cc(Cl)c3)C(=O)[C@@H]21. The molecule has 0 radical (unpaired) electrons. The van der Waals surface area contributed by atoms with Gasteiger partial charge in [-0.3, -0.25) is 14.4 Å². The third kappa shape index (κ3) is 1.87. The first-order valence-corrected chi connectivity index (χ1v) is 8.09. The fourth-order valence-electron chi connectivity index (χ4n) is 4.31. The third-order valence-corrected chi connectivity index (χ3v) is 5.61. The summed E-state index contributed by atoms with van der Waals surface area (Å²) in [4.78, 5) is 38.8. The van der Waals surface area contributed by atoms with Gasteiger partial charge in [0, 0.05) is 22.4 Å². The summed E-state index contributed by atoms with van der Waals surface area (Å²) in [5.41, 5.74) is 0.397. The van der Waals surface area contributed by atoms with Crippen molar-refractivity contribution in [3.8, 4) is 0 Å². The molecular weight excluding hydrogens is 325 g/mol. The molecule has 1 heterocycles. The minimum Gasteiger partial charge on any atom is -0.299 e. The number of carbonyl (C=O) groups is 3. The Labute approximate surface area is 137 Å². The van der Waals surface area contributed by atoms with Crippen molar-refractivity contribution in [3.05, 3.63) is 28.2 Å². The molecule has 3 saturated carbocycles. The van der Waals surface area contributed by atoms with Crippen molar-refractivity contribution in [1.82, 2.24) is 0 Å². The predicted molar refractivity (Wildman–Crippen MR) is 81.8 cm³/mol. The van der Waals surface area contributed by atoms with Crippen molar-refractivity contribution in [1.29, 1.82) is 0 Å². The van der Waals surface area contributed by atoms with Gasteiger partial charge < -0.3 is 0 Å². The Hall–Kier alpha value is -1.39. The number of ketones is 1. The molecule has 1 aromatic carbocycles. The van der Waals surface area contributed by atoms with Crippen molar-refractivity contribution in [2.24, 2.45) is 23.7 Å². The van der Waals surface area contributed by atoms with Crippen LogP contribution in [0.4, 0.5) is 5.69 Å². The number of halogens is 2. The highest BCUT2D eigenvalue weighted by Gasteiger charge is 2.60. The number of fused-ring (bicyclic) bond motifs is 2. The van der Waals surface area contributed by atoms with Crippen LogP contribution in [0, 0.1) is 23.7 Å². The first-order chi connectivity index (χ1) is 10.5. The van der Waals surface area contributed by atoms with Gasteiger partial charge >= 0.3 is 0 Å². The van der Waals surface area contributed by atoms with Crippen LogP contribution < -0.4 is 4.90 Å². The first kappa shape index (κ1) is 14.2. The van der Waals surface area contributed by atoms with Gasteiger partial charge in [0.2, 0.25) is 11.8 Å². The van der Waals surface area contributed by atoms with E-state index in [1.54, 1.807) is 18.2 Å². The van der Waals surface area contributed by atoms with Gasteiger partial charge in [0.25, 0.3) is 0 Å². The number of carbonyl (C=O) groups excluding carboxylic acids is 3.